The summed E-state index contributed by atoms with van der Waals surface area (Å²) in [6.07, 6.45) is 1.49. The predicted molar refractivity (Wildman–Crippen MR) is 140 cm³/mol. The van der Waals surface area contributed by atoms with Crippen molar-refractivity contribution in [2.75, 3.05) is 6.54 Å². The summed E-state index contributed by atoms with van der Waals surface area (Å²) in [5, 5.41) is 7.91. The van der Waals surface area contributed by atoms with Crippen LogP contribution in [0, 0.1) is 0 Å². The maximum Gasteiger partial charge on any atom is 0.328 e. The van der Waals surface area contributed by atoms with Crippen molar-refractivity contribution in [1.29, 1.82) is 0 Å². The van der Waals surface area contributed by atoms with Gasteiger partial charge in [0.15, 0.2) is 0 Å². The zero-order valence-electron chi connectivity index (χ0n) is 22.1. The van der Waals surface area contributed by atoms with E-state index in [1.165, 1.54) is 6.92 Å². The van der Waals surface area contributed by atoms with E-state index < -0.39 is 47.8 Å². The molecule has 3 amide bonds. The number of rotatable bonds is 17. The summed E-state index contributed by atoms with van der Waals surface area (Å²) >= 11 is 0. The summed E-state index contributed by atoms with van der Waals surface area (Å²) in [5.41, 5.74) is 15.5. The highest BCUT2D eigenvalue weighted by Crippen LogP contribution is 2.08. The third-order valence-corrected chi connectivity index (χ3v) is 5.40. The molecule has 0 aliphatic carbocycles. The van der Waals surface area contributed by atoms with Crippen LogP contribution in [0.1, 0.15) is 58.4 Å². The quantitative estimate of drug-likeness (QED) is 0.0737. The second-order valence-electron chi connectivity index (χ2n) is 9.13. The van der Waals surface area contributed by atoms with Crippen LogP contribution in [0.5, 0.6) is 0 Å². The first-order valence-corrected chi connectivity index (χ1v) is 12.6. The van der Waals surface area contributed by atoms with Crippen molar-refractivity contribution in [3.8, 4) is 0 Å². The fourth-order valence-electron chi connectivity index (χ4n) is 3.50. The maximum atomic E-state index is 13.2. The van der Waals surface area contributed by atoms with Crippen molar-refractivity contribution in [2.45, 2.75) is 83.5 Å². The fraction of sp³-hybridized carbons (Fsp3) is 0.538. The molecule has 38 heavy (non-hydrogen) atoms. The van der Waals surface area contributed by atoms with Crippen LogP contribution in [0.4, 0.5) is 0 Å². The highest BCUT2D eigenvalue weighted by atomic mass is 16.5. The smallest absolute Gasteiger partial charge is 0.328 e. The Balaban J connectivity index is 2.96. The molecule has 0 spiro atoms. The number of Topliss-reactive ketones (excluding diaryl/α,β-unsaturated/α-hetero) is 1. The average Bonchev–Trinajstić information content (AvgIpc) is 2.85. The molecule has 0 aromatic heterocycles. The Labute approximate surface area is 222 Å². The second kappa shape index (κ2) is 17.5. The molecule has 208 valence electrons. The highest BCUT2D eigenvalue weighted by Gasteiger charge is 2.29. The van der Waals surface area contributed by atoms with Crippen molar-refractivity contribution in [1.82, 2.24) is 16.0 Å². The summed E-state index contributed by atoms with van der Waals surface area (Å²) in [6, 6.07) is 6.09. The molecule has 12 heteroatoms. The van der Waals surface area contributed by atoms with Crippen molar-refractivity contribution in [2.24, 2.45) is 5.73 Å². The lowest BCUT2D eigenvalue weighted by Gasteiger charge is -2.24. The SMILES string of the molecule is CC(=O)NCCCC[C@H](NC(=O)[C@@H](N)Cc1ccccc1)C(=O)N[C@@H](CCC(=O)C=[N+]=[N-])C(=O)OC(C)C. The monoisotopic (exact) mass is 530 g/mol. The fourth-order valence-corrected chi connectivity index (χ4v) is 3.50. The van der Waals surface area contributed by atoms with Gasteiger partial charge in [0.2, 0.25) is 23.5 Å². The molecule has 0 heterocycles. The molecule has 0 aliphatic rings. The van der Waals surface area contributed by atoms with Crippen LogP contribution in [0.3, 0.4) is 0 Å². The molecule has 0 bridgehead atoms. The van der Waals surface area contributed by atoms with E-state index in [9.17, 15) is 24.0 Å². The Bertz CT molecular complexity index is 993. The van der Waals surface area contributed by atoms with E-state index in [2.05, 4.69) is 20.7 Å². The van der Waals surface area contributed by atoms with Crippen LogP contribution in [0.15, 0.2) is 30.3 Å². The number of ketones is 1. The van der Waals surface area contributed by atoms with Crippen LogP contribution < -0.4 is 21.7 Å². The molecule has 0 saturated heterocycles. The van der Waals surface area contributed by atoms with E-state index >= 15 is 0 Å². The molecule has 0 fully saturated rings. The number of hydrogen-bond acceptors (Lipinski definition) is 7. The van der Waals surface area contributed by atoms with E-state index in [1.54, 1.807) is 13.8 Å². The Morgan fingerprint density at radius 2 is 1.66 bits per heavy atom. The number of amides is 3. The number of carbonyl (C=O) groups excluding carboxylic acids is 5. The van der Waals surface area contributed by atoms with Crippen molar-refractivity contribution in [3.05, 3.63) is 41.4 Å². The van der Waals surface area contributed by atoms with Gasteiger partial charge in [-0.05, 0) is 51.5 Å². The lowest BCUT2D eigenvalue weighted by molar-refractivity contribution is -0.152. The lowest BCUT2D eigenvalue weighted by atomic mass is 10.0. The zero-order valence-corrected chi connectivity index (χ0v) is 22.1. The largest absolute Gasteiger partial charge is 0.461 e. The molecule has 0 radical (unpaired) electrons. The molecule has 0 aliphatic heterocycles. The summed E-state index contributed by atoms with van der Waals surface area (Å²) < 4.78 is 5.21. The molecule has 5 N–H and O–H groups in total. The number of carbonyl (C=O) groups is 5. The van der Waals surface area contributed by atoms with Crippen LogP contribution in [-0.4, -0.2) is 71.3 Å². The van der Waals surface area contributed by atoms with Crippen LogP contribution in [0.2, 0.25) is 0 Å². The first-order chi connectivity index (χ1) is 18.0. The minimum atomic E-state index is -1.17. The zero-order chi connectivity index (χ0) is 28.5. The Kier molecular flexibility index (Phi) is 14.8. The standard InChI is InChI=1S/C26H38N6O6/c1-17(2)38-26(37)23(13-12-20(34)16-30-28)32-25(36)22(11-7-8-14-29-18(3)33)31-24(35)21(27)15-19-9-5-4-6-10-19/h4-6,9-10,16-17,21-23H,7-8,11-15,27H2,1-3H3,(H,29,33)(H,31,35)(H,32,36)/t21-,22-,23-/m0/s1. The van der Waals surface area contributed by atoms with Gasteiger partial charge in [-0.15, -0.1) is 0 Å². The first kappa shape index (κ1) is 32.1. The van der Waals surface area contributed by atoms with Gasteiger partial charge in [-0.25, -0.2) is 4.79 Å². The molecule has 0 unspecified atom stereocenters. The minimum absolute atomic E-state index is 0.0983. The number of nitrogens with zero attached hydrogens (tertiary/aromatic N) is 2. The third-order valence-electron chi connectivity index (χ3n) is 5.40. The van der Waals surface area contributed by atoms with E-state index in [1.807, 2.05) is 30.3 Å². The first-order valence-electron chi connectivity index (χ1n) is 12.6. The molecule has 0 saturated carbocycles. The van der Waals surface area contributed by atoms with E-state index in [0.717, 1.165) is 5.56 Å². The molecule has 12 nitrogen and oxygen atoms in total. The molecule has 1 rings (SSSR count). The lowest BCUT2D eigenvalue weighted by Crippen LogP contribution is -2.55. The van der Waals surface area contributed by atoms with Crippen molar-refractivity contribution in [3.63, 3.8) is 0 Å². The van der Waals surface area contributed by atoms with Crippen LogP contribution in [-0.2, 0) is 35.1 Å². The van der Waals surface area contributed by atoms with Gasteiger partial charge in [-0.1, -0.05) is 30.3 Å². The van der Waals surface area contributed by atoms with Gasteiger partial charge in [0.1, 0.15) is 12.1 Å². The van der Waals surface area contributed by atoms with Crippen molar-refractivity contribution < 1.29 is 33.5 Å². The molecular formula is C26H38N6O6. The second-order valence-corrected chi connectivity index (χ2v) is 9.13. The van der Waals surface area contributed by atoms with Crippen molar-refractivity contribution >= 4 is 35.7 Å². The summed E-state index contributed by atoms with van der Waals surface area (Å²) in [5.74, 6) is -2.63. The van der Waals surface area contributed by atoms with Gasteiger partial charge >= 0.3 is 12.2 Å². The maximum absolute atomic E-state index is 13.2. The third kappa shape index (κ3) is 13.4. The number of hydrogen-bond donors (Lipinski definition) is 4. The van der Waals surface area contributed by atoms with Crippen LogP contribution in [0.25, 0.3) is 5.53 Å². The van der Waals surface area contributed by atoms with Gasteiger partial charge in [-0.2, -0.15) is 4.79 Å². The van der Waals surface area contributed by atoms with Gasteiger partial charge in [-0.3, -0.25) is 19.2 Å². The normalized spacial score (nSPS) is 12.9. The van der Waals surface area contributed by atoms with Gasteiger partial charge in [0.05, 0.1) is 12.1 Å². The van der Waals surface area contributed by atoms with E-state index in [4.69, 9.17) is 16.0 Å². The topological polar surface area (TPSA) is 193 Å². The molecule has 1 aromatic carbocycles. The summed E-state index contributed by atoms with van der Waals surface area (Å²) in [4.78, 5) is 64.2. The molecule has 3 atom stereocenters. The highest BCUT2D eigenvalue weighted by molar-refractivity contribution is 6.25. The number of ether oxygens (including phenoxy) is 1. The Morgan fingerprint density at radius 3 is 2.26 bits per heavy atom. The van der Waals surface area contributed by atoms with Gasteiger partial charge < -0.3 is 32.0 Å². The minimum Gasteiger partial charge on any atom is -0.461 e. The molecular weight excluding hydrogens is 492 g/mol. The number of unbranched alkanes of at least 4 members (excludes halogenated alkanes) is 1. The van der Waals surface area contributed by atoms with Gasteiger partial charge in [0, 0.05) is 19.9 Å². The van der Waals surface area contributed by atoms with Gasteiger partial charge in [0.25, 0.3) is 0 Å². The summed E-state index contributed by atoms with van der Waals surface area (Å²) in [7, 11) is 0. The summed E-state index contributed by atoms with van der Waals surface area (Å²) in [6.45, 7) is 5.10. The number of benzene rings is 1. The Morgan fingerprint density at radius 1 is 1.00 bits per heavy atom. The molecule has 1 aromatic rings. The van der Waals surface area contributed by atoms with E-state index in [-0.39, 0.29) is 31.6 Å². The predicted octanol–water partition coefficient (Wildman–Crippen LogP) is 0.434. The number of nitrogens with two attached hydrogens (primary N) is 1. The number of esters is 1. The average molecular weight is 531 g/mol. The number of nitrogens with one attached hydrogen (secondary N) is 3. The van der Waals surface area contributed by atoms with E-state index in [0.29, 0.717) is 25.6 Å². The Hall–Kier alpha value is -3.89. The van der Waals surface area contributed by atoms with Crippen LogP contribution >= 0.6 is 0 Å².